The van der Waals surface area contributed by atoms with Gasteiger partial charge in [0.05, 0.1) is 12.5 Å². The number of hydrogen-bond acceptors (Lipinski definition) is 2. The monoisotopic (exact) mass is 312 g/mol. The summed E-state index contributed by atoms with van der Waals surface area (Å²) in [6.45, 7) is 2.31. The fourth-order valence-electron chi connectivity index (χ4n) is 3.08. The summed E-state index contributed by atoms with van der Waals surface area (Å²) >= 11 is 0. The molecular weight excluding hydrogens is 291 g/mol. The summed E-state index contributed by atoms with van der Waals surface area (Å²) in [5.41, 5.74) is 1.59. The molecule has 1 saturated heterocycles. The smallest absolute Gasteiger partial charge is 0.227 e. The first kappa shape index (κ1) is 15.7. The lowest BCUT2D eigenvalue weighted by molar-refractivity contribution is -0.135. The third-order valence-corrected chi connectivity index (χ3v) is 4.39. The van der Waals surface area contributed by atoms with E-state index in [-0.39, 0.29) is 24.2 Å². The van der Waals surface area contributed by atoms with Crippen molar-refractivity contribution in [1.29, 1.82) is 0 Å². The first-order valence-corrected chi connectivity index (χ1v) is 7.91. The van der Waals surface area contributed by atoms with Crippen LogP contribution >= 0.6 is 0 Å². The molecule has 0 spiro atoms. The van der Waals surface area contributed by atoms with Crippen molar-refractivity contribution in [1.82, 2.24) is 9.80 Å². The van der Waals surface area contributed by atoms with Crippen molar-refractivity contribution in [2.75, 3.05) is 26.7 Å². The van der Waals surface area contributed by atoms with Gasteiger partial charge in [0, 0.05) is 19.6 Å². The molecule has 3 nitrogen and oxygen atoms in total. The summed E-state index contributed by atoms with van der Waals surface area (Å²) in [4.78, 5) is 16.9. The van der Waals surface area contributed by atoms with Gasteiger partial charge in [0.2, 0.25) is 5.91 Å². The van der Waals surface area contributed by atoms with Gasteiger partial charge < -0.3 is 9.80 Å². The molecule has 0 saturated carbocycles. The normalized spacial score (nSPS) is 18.9. The van der Waals surface area contributed by atoms with E-state index in [1.165, 1.54) is 6.07 Å². The highest BCUT2D eigenvalue weighted by atomic mass is 19.1. The Morgan fingerprint density at radius 3 is 2.52 bits per heavy atom. The number of piperazine rings is 1. The number of likely N-dealkylation sites (N-methyl/N-ethyl adjacent to an activating group) is 1. The number of rotatable bonds is 3. The van der Waals surface area contributed by atoms with Gasteiger partial charge in [0.1, 0.15) is 5.82 Å². The first-order chi connectivity index (χ1) is 11.1. The molecule has 0 bridgehead atoms. The van der Waals surface area contributed by atoms with Crippen LogP contribution in [0, 0.1) is 5.82 Å². The minimum atomic E-state index is -0.314. The Bertz CT molecular complexity index is 674. The molecule has 0 unspecified atom stereocenters. The number of amides is 1. The Balaban J connectivity index is 1.81. The van der Waals surface area contributed by atoms with Crippen LogP contribution in [0.3, 0.4) is 0 Å². The zero-order chi connectivity index (χ0) is 16.2. The summed E-state index contributed by atoms with van der Waals surface area (Å²) in [6, 6.07) is 16.6. The molecule has 2 aromatic carbocycles. The van der Waals surface area contributed by atoms with E-state index in [4.69, 9.17) is 0 Å². The zero-order valence-electron chi connectivity index (χ0n) is 13.3. The van der Waals surface area contributed by atoms with Gasteiger partial charge in [0.25, 0.3) is 0 Å². The minimum Gasteiger partial charge on any atom is -0.333 e. The summed E-state index contributed by atoms with van der Waals surface area (Å²) in [6.07, 6.45) is 0.111. The van der Waals surface area contributed by atoms with Gasteiger partial charge in [-0.05, 0) is 24.2 Å². The van der Waals surface area contributed by atoms with Gasteiger partial charge in [-0.15, -0.1) is 0 Å². The summed E-state index contributed by atoms with van der Waals surface area (Å²) < 4.78 is 13.8. The number of carbonyl (C=O) groups excluding carboxylic acids is 1. The maximum atomic E-state index is 13.8. The maximum absolute atomic E-state index is 13.8. The van der Waals surface area contributed by atoms with Gasteiger partial charge in [-0.2, -0.15) is 0 Å². The van der Waals surface area contributed by atoms with Crippen molar-refractivity contribution in [2.24, 2.45) is 0 Å². The molecule has 4 heteroatoms. The van der Waals surface area contributed by atoms with E-state index in [2.05, 4.69) is 11.9 Å². The molecule has 1 atom stereocenters. The second kappa shape index (κ2) is 6.92. The molecule has 1 aliphatic rings. The van der Waals surface area contributed by atoms with Gasteiger partial charge in [0.15, 0.2) is 0 Å². The van der Waals surface area contributed by atoms with Crippen LogP contribution in [0.1, 0.15) is 17.2 Å². The van der Waals surface area contributed by atoms with Crippen molar-refractivity contribution in [3.8, 4) is 0 Å². The van der Waals surface area contributed by atoms with Crippen molar-refractivity contribution in [3.63, 3.8) is 0 Å². The molecule has 1 fully saturated rings. The predicted octanol–water partition coefficient (Wildman–Crippen LogP) is 2.88. The molecule has 0 radical (unpaired) electrons. The second-order valence-electron chi connectivity index (χ2n) is 6.04. The van der Waals surface area contributed by atoms with Crippen LogP contribution < -0.4 is 0 Å². The van der Waals surface area contributed by atoms with Crippen molar-refractivity contribution in [3.05, 3.63) is 71.5 Å². The van der Waals surface area contributed by atoms with Gasteiger partial charge in [-0.25, -0.2) is 4.39 Å². The number of halogens is 1. The van der Waals surface area contributed by atoms with Crippen molar-refractivity contribution < 1.29 is 9.18 Å². The Morgan fingerprint density at radius 2 is 1.78 bits per heavy atom. The molecular formula is C19H21FN2O. The Morgan fingerprint density at radius 1 is 1.09 bits per heavy atom. The standard InChI is InChI=1S/C19H21FN2O/c1-21-11-12-22(18(14-21)15-7-3-2-4-8-15)19(23)13-16-9-5-6-10-17(16)20/h2-10,18H,11-14H2,1H3/t18-/m0/s1. The Hall–Kier alpha value is -2.20. The average molecular weight is 312 g/mol. The predicted molar refractivity (Wildman–Crippen MR) is 88.5 cm³/mol. The zero-order valence-corrected chi connectivity index (χ0v) is 13.3. The van der Waals surface area contributed by atoms with Crippen LogP contribution in [0.2, 0.25) is 0 Å². The third kappa shape index (κ3) is 3.59. The highest BCUT2D eigenvalue weighted by Gasteiger charge is 2.30. The highest BCUT2D eigenvalue weighted by Crippen LogP contribution is 2.25. The minimum absolute atomic E-state index is 0.0166. The molecule has 1 heterocycles. The van der Waals surface area contributed by atoms with E-state index in [1.54, 1.807) is 18.2 Å². The molecule has 2 aromatic rings. The molecule has 0 aliphatic carbocycles. The van der Waals surface area contributed by atoms with Crippen LogP contribution in [0.4, 0.5) is 4.39 Å². The molecule has 3 rings (SSSR count). The summed E-state index contributed by atoms with van der Waals surface area (Å²) in [5.74, 6) is -0.330. The SMILES string of the molecule is CN1CCN(C(=O)Cc2ccccc2F)[C@H](c2ccccc2)C1. The largest absolute Gasteiger partial charge is 0.333 e. The molecule has 0 aromatic heterocycles. The van der Waals surface area contributed by atoms with E-state index in [0.29, 0.717) is 12.1 Å². The number of nitrogens with zero attached hydrogens (tertiary/aromatic N) is 2. The topological polar surface area (TPSA) is 23.6 Å². The van der Waals surface area contributed by atoms with Crippen molar-refractivity contribution in [2.45, 2.75) is 12.5 Å². The summed E-state index contributed by atoms with van der Waals surface area (Å²) in [5, 5.41) is 0. The third-order valence-electron chi connectivity index (χ3n) is 4.39. The number of hydrogen-bond donors (Lipinski definition) is 0. The highest BCUT2D eigenvalue weighted by molar-refractivity contribution is 5.79. The fourth-order valence-corrected chi connectivity index (χ4v) is 3.08. The van der Waals surface area contributed by atoms with Gasteiger partial charge in [-0.3, -0.25) is 4.79 Å². The van der Waals surface area contributed by atoms with Crippen LogP contribution in [-0.2, 0) is 11.2 Å². The van der Waals surface area contributed by atoms with E-state index < -0.39 is 0 Å². The van der Waals surface area contributed by atoms with Crippen molar-refractivity contribution >= 4 is 5.91 Å². The van der Waals surface area contributed by atoms with Crippen LogP contribution in [0.15, 0.2) is 54.6 Å². The van der Waals surface area contributed by atoms with Crippen LogP contribution in [-0.4, -0.2) is 42.4 Å². The van der Waals surface area contributed by atoms with E-state index >= 15 is 0 Å². The quantitative estimate of drug-likeness (QED) is 0.870. The lowest BCUT2D eigenvalue weighted by Crippen LogP contribution is -2.49. The lowest BCUT2D eigenvalue weighted by Gasteiger charge is -2.40. The lowest BCUT2D eigenvalue weighted by atomic mass is 10.0. The first-order valence-electron chi connectivity index (χ1n) is 7.91. The maximum Gasteiger partial charge on any atom is 0.227 e. The van der Waals surface area contributed by atoms with Gasteiger partial charge in [-0.1, -0.05) is 48.5 Å². The summed E-state index contributed by atoms with van der Waals surface area (Å²) in [7, 11) is 2.06. The Kier molecular flexibility index (Phi) is 4.72. The fraction of sp³-hybridized carbons (Fsp3) is 0.316. The average Bonchev–Trinajstić information content (AvgIpc) is 2.57. The number of benzene rings is 2. The second-order valence-corrected chi connectivity index (χ2v) is 6.04. The van der Waals surface area contributed by atoms with E-state index in [9.17, 15) is 9.18 Å². The van der Waals surface area contributed by atoms with E-state index in [0.717, 1.165) is 18.7 Å². The molecule has 120 valence electrons. The van der Waals surface area contributed by atoms with E-state index in [1.807, 2.05) is 35.2 Å². The van der Waals surface area contributed by atoms with Gasteiger partial charge >= 0.3 is 0 Å². The molecule has 0 N–H and O–H groups in total. The number of carbonyl (C=O) groups is 1. The van der Waals surface area contributed by atoms with Crippen LogP contribution in [0.5, 0.6) is 0 Å². The molecule has 1 aliphatic heterocycles. The van der Waals surface area contributed by atoms with Crippen LogP contribution in [0.25, 0.3) is 0 Å². The Labute approximate surface area is 136 Å². The molecule has 1 amide bonds. The molecule has 23 heavy (non-hydrogen) atoms.